The molecule has 0 aromatic heterocycles. The molecule has 0 aromatic rings. The summed E-state index contributed by atoms with van der Waals surface area (Å²) in [5, 5.41) is 0. The molecule has 0 aliphatic rings. The molecule has 0 bridgehead atoms. The highest BCUT2D eigenvalue weighted by atomic mass is 16.7. The summed E-state index contributed by atoms with van der Waals surface area (Å²) in [6.45, 7) is 6.00. The number of rotatable bonds is 7. The minimum atomic E-state index is -0.608. The van der Waals surface area contributed by atoms with E-state index in [4.69, 9.17) is 4.74 Å². The minimum Gasteiger partial charge on any atom is -0.435 e. The molecule has 80 valence electrons. The normalized spacial score (nSPS) is 10.1. The van der Waals surface area contributed by atoms with E-state index in [-0.39, 0.29) is 6.61 Å². The van der Waals surface area contributed by atoms with Crippen molar-refractivity contribution in [2.45, 2.75) is 26.2 Å². The van der Waals surface area contributed by atoms with Crippen LogP contribution in [0.25, 0.3) is 0 Å². The Morgan fingerprint density at radius 1 is 1.29 bits per heavy atom. The van der Waals surface area contributed by atoms with Crippen LogP contribution in [0.15, 0.2) is 24.8 Å². The summed E-state index contributed by atoms with van der Waals surface area (Å²) in [6.07, 6.45) is 8.18. The molecule has 0 fully saturated rings. The number of unbranched alkanes of at least 4 members (excludes halogenated alkanes) is 2. The molecule has 3 nitrogen and oxygen atoms in total. The predicted molar refractivity (Wildman–Crippen MR) is 56.2 cm³/mol. The third-order valence-electron chi connectivity index (χ3n) is 1.51. The molecular weight excluding hydrogens is 180 g/mol. The van der Waals surface area contributed by atoms with Gasteiger partial charge < -0.3 is 9.47 Å². The van der Waals surface area contributed by atoms with E-state index in [9.17, 15) is 4.79 Å². The average Bonchev–Trinajstić information content (AvgIpc) is 2.17. The topological polar surface area (TPSA) is 35.5 Å². The van der Waals surface area contributed by atoms with Crippen LogP contribution in [0.3, 0.4) is 0 Å². The van der Waals surface area contributed by atoms with Gasteiger partial charge in [0.25, 0.3) is 0 Å². The second-order valence-corrected chi connectivity index (χ2v) is 2.69. The summed E-state index contributed by atoms with van der Waals surface area (Å²) in [6, 6.07) is 0. The van der Waals surface area contributed by atoms with E-state index in [1.54, 1.807) is 6.92 Å². The second kappa shape index (κ2) is 9.84. The van der Waals surface area contributed by atoms with Crippen molar-refractivity contribution in [2.24, 2.45) is 0 Å². The Kier molecular flexibility index (Phi) is 8.96. The molecule has 0 atom stereocenters. The molecule has 0 N–H and O–H groups in total. The van der Waals surface area contributed by atoms with Crippen molar-refractivity contribution in [3.05, 3.63) is 24.8 Å². The highest BCUT2D eigenvalue weighted by Crippen LogP contribution is 1.96. The first-order chi connectivity index (χ1) is 6.81. The highest BCUT2D eigenvalue weighted by Gasteiger charge is 1.97. The molecule has 0 aliphatic heterocycles. The lowest BCUT2D eigenvalue weighted by molar-refractivity contribution is 0.0673. The predicted octanol–water partition coefficient (Wildman–Crippen LogP) is 3.07. The van der Waals surface area contributed by atoms with Gasteiger partial charge in [0, 0.05) is 0 Å². The van der Waals surface area contributed by atoms with E-state index in [0.29, 0.717) is 6.61 Å². The van der Waals surface area contributed by atoms with E-state index in [1.165, 1.54) is 0 Å². The zero-order chi connectivity index (χ0) is 10.6. The van der Waals surface area contributed by atoms with Crippen LogP contribution in [0.2, 0.25) is 0 Å². The van der Waals surface area contributed by atoms with Crippen LogP contribution in [-0.4, -0.2) is 19.4 Å². The monoisotopic (exact) mass is 198 g/mol. The van der Waals surface area contributed by atoms with E-state index in [1.807, 2.05) is 18.2 Å². The third-order valence-corrected chi connectivity index (χ3v) is 1.51. The fourth-order valence-corrected chi connectivity index (χ4v) is 0.842. The van der Waals surface area contributed by atoms with Crippen molar-refractivity contribution in [1.82, 2.24) is 0 Å². The van der Waals surface area contributed by atoms with Gasteiger partial charge >= 0.3 is 6.16 Å². The van der Waals surface area contributed by atoms with Gasteiger partial charge in [0.05, 0.1) is 6.61 Å². The summed E-state index contributed by atoms with van der Waals surface area (Å²) in [5.74, 6) is 0. The van der Waals surface area contributed by atoms with Gasteiger partial charge in [-0.1, -0.05) is 18.2 Å². The first-order valence-electron chi connectivity index (χ1n) is 4.86. The van der Waals surface area contributed by atoms with Crippen LogP contribution in [0.4, 0.5) is 4.79 Å². The summed E-state index contributed by atoms with van der Waals surface area (Å²) >= 11 is 0. The van der Waals surface area contributed by atoms with Gasteiger partial charge in [-0.05, 0) is 26.2 Å². The Balaban J connectivity index is 3.25. The molecule has 0 aromatic carbocycles. The van der Waals surface area contributed by atoms with Gasteiger partial charge in [-0.15, -0.1) is 6.58 Å². The molecule has 0 unspecified atom stereocenters. The Hall–Kier alpha value is -1.25. The van der Waals surface area contributed by atoms with Gasteiger partial charge in [0.1, 0.15) is 6.61 Å². The maximum absolute atomic E-state index is 10.7. The molecule has 0 spiro atoms. The van der Waals surface area contributed by atoms with Crippen molar-refractivity contribution in [3.63, 3.8) is 0 Å². The zero-order valence-corrected chi connectivity index (χ0v) is 8.70. The summed E-state index contributed by atoms with van der Waals surface area (Å²) < 4.78 is 9.30. The third kappa shape index (κ3) is 8.84. The molecule has 14 heavy (non-hydrogen) atoms. The molecule has 0 saturated heterocycles. The summed E-state index contributed by atoms with van der Waals surface area (Å²) in [5.41, 5.74) is 0. The van der Waals surface area contributed by atoms with Crippen LogP contribution in [-0.2, 0) is 9.47 Å². The Labute approximate surface area is 85.4 Å². The number of ether oxygens (including phenoxy) is 2. The van der Waals surface area contributed by atoms with Crippen molar-refractivity contribution in [1.29, 1.82) is 0 Å². The fourth-order valence-electron chi connectivity index (χ4n) is 0.842. The van der Waals surface area contributed by atoms with Gasteiger partial charge in [-0.25, -0.2) is 4.79 Å². The van der Waals surface area contributed by atoms with E-state index < -0.39 is 6.16 Å². The lowest BCUT2D eigenvalue weighted by Gasteiger charge is -2.00. The van der Waals surface area contributed by atoms with Crippen LogP contribution in [0.1, 0.15) is 26.2 Å². The maximum Gasteiger partial charge on any atom is 0.508 e. The Morgan fingerprint density at radius 2 is 2.07 bits per heavy atom. The molecule has 0 amide bonds. The minimum absolute atomic E-state index is 0.285. The van der Waals surface area contributed by atoms with Crippen LogP contribution in [0.5, 0.6) is 0 Å². The van der Waals surface area contributed by atoms with E-state index in [0.717, 1.165) is 19.3 Å². The first kappa shape index (κ1) is 12.8. The lowest BCUT2D eigenvalue weighted by Crippen LogP contribution is -2.06. The SMILES string of the molecule is C=CCCCC=CCOC(=O)OCC. The lowest BCUT2D eigenvalue weighted by atomic mass is 10.2. The summed E-state index contributed by atoms with van der Waals surface area (Å²) in [7, 11) is 0. The maximum atomic E-state index is 10.7. The first-order valence-corrected chi connectivity index (χ1v) is 4.86. The molecular formula is C11H18O3. The zero-order valence-electron chi connectivity index (χ0n) is 8.70. The van der Waals surface area contributed by atoms with E-state index >= 15 is 0 Å². The summed E-state index contributed by atoms with van der Waals surface area (Å²) in [4.78, 5) is 10.7. The van der Waals surface area contributed by atoms with Crippen LogP contribution in [0, 0.1) is 0 Å². The second-order valence-electron chi connectivity index (χ2n) is 2.69. The van der Waals surface area contributed by atoms with Gasteiger partial charge in [-0.2, -0.15) is 0 Å². The van der Waals surface area contributed by atoms with Crippen molar-refractivity contribution < 1.29 is 14.3 Å². The quantitative estimate of drug-likeness (QED) is 0.358. The molecule has 0 saturated carbocycles. The van der Waals surface area contributed by atoms with Gasteiger partial charge in [-0.3, -0.25) is 0 Å². The molecule has 0 heterocycles. The Morgan fingerprint density at radius 3 is 2.71 bits per heavy atom. The standard InChI is InChI=1S/C11H18O3/c1-3-5-6-7-8-9-10-14-11(12)13-4-2/h3,8-9H,1,4-7,10H2,2H3. The highest BCUT2D eigenvalue weighted by molar-refractivity contribution is 5.59. The molecule has 0 radical (unpaired) electrons. The number of hydrogen-bond donors (Lipinski definition) is 0. The number of allylic oxidation sites excluding steroid dienone is 2. The smallest absolute Gasteiger partial charge is 0.435 e. The number of carbonyl (C=O) groups is 1. The number of hydrogen-bond acceptors (Lipinski definition) is 3. The fraction of sp³-hybridized carbons (Fsp3) is 0.545. The van der Waals surface area contributed by atoms with Crippen molar-refractivity contribution >= 4 is 6.16 Å². The number of carbonyl (C=O) groups excluding carboxylic acids is 1. The van der Waals surface area contributed by atoms with Crippen LogP contribution < -0.4 is 0 Å². The average molecular weight is 198 g/mol. The Bertz CT molecular complexity index is 185. The van der Waals surface area contributed by atoms with Crippen molar-refractivity contribution in [2.75, 3.05) is 13.2 Å². The molecule has 3 heteroatoms. The van der Waals surface area contributed by atoms with Gasteiger partial charge in [0.2, 0.25) is 0 Å². The molecule has 0 aliphatic carbocycles. The molecule has 0 rings (SSSR count). The van der Waals surface area contributed by atoms with Crippen molar-refractivity contribution in [3.8, 4) is 0 Å². The van der Waals surface area contributed by atoms with Crippen LogP contribution >= 0.6 is 0 Å². The van der Waals surface area contributed by atoms with Gasteiger partial charge in [0.15, 0.2) is 0 Å². The van der Waals surface area contributed by atoms with E-state index in [2.05, 4.69) is 11.3 Å². The largest absolute Gasteiger partial charge is 0.508 e.